The van der Waals surface area contributed by atoms with E-state index in [9.17, 15) is 9.59 Å². The summed E-state index contributed by atoms with van der Waals surface area (Å²) in [6.45, 7) is 2.22. The van der Waals surface area contributed by atoms with E-state index >= 15 is 0 Å². The van der Waals surface area contributed by atoms with Crippen LogP contribution >= 0.6 is 0 Å². The molecule has 1 aliphatic carbocycles. The quantitative estimate of drug-likeness (QED) is 0.763. The fourth-order valence-corrected chi connectivity index (χ4v) is 3.61. The largest absolute Gasteiger partial charge is 0.452 e. The lowest BCUT2D eigenvalue weighted by Gasteiger charge is -2.34. The third-order valence-electron chi connectivity index (χ3n) is 5.13. The molecule has 0 bridgehead atoms. The first-order chi connectivity index (χ1) is 13.2. The highest BCUT2D eigenvalue weighted by molar-refractivity contribution is 5.91. The van der Waals surface area contributed by atoms with Gasteiger partial charge in [-0.2, -0.15) is 0 Å². The van der Waals surface area contributed by atoms with E-state index in [4.69, 9.17) is 4.74 Å². The van der Waals surface area contributed by atoms with Gasteiger partial charge in [0.25, 0.3) is 5.91 Å². The number of benzene rings is 1. The number of rotatable bonds is 4. The molecule has 0 radical (unpaired) electrons. The topological polar surface area (TPSA) is 75.6 Å². The van der Waals surface area contributed by atoms with Crippen LogP contribution in [0.25, 0.3) is 0 Å². The Labute approximate surface area is 158 Å². The van der Waals surface area contributed by atoms with Crippen molar-refractivity contribution < 1.29 is 14.3 Å². The molecule has 0 spiro atoms. The van der Waals surface area contributed by atoms with Crippen LogP contribution in [-0.4, -0.2) is 59.5 Å². The van der Waals surface area contributed by atoms with Crippen molar-refractivity contribution in [3.05, 3.63) is 53.3 Å². The van der Waals surface area contributed by atoms with E-state index in [1.807, 2.05) is 17.0 Å². The number of esters is 1. The maximum Gasteiger partial charge on any atom is 0.338 e. The van der Waals surface area contributed by atoms with E-state index < -0.39 is 5.97 Å². The number of aryl methyl sites for hydroxylation is 2. The van der Waals surface area contributed by atoms with Gasteiger partial charge in [-0.15, -0.1) is 0 Å². The Morgan fingerprint density at radius 3 is 2.52 bits per heavy atom. The summed E-state index contributed by atoms with van der Waals surface area (Å²) in [5.74, 6) is 0.0696. The number of piperazine rings is 1. The third-order valence-corrected chi connectivity index (χ3v) is 5.13. The van der Waals surface area contributed by atoms with Gasteiger partial charge >= 0.3 is 5.97 Å². The van der Waals surface area contributed by atoms with Gasteiger partial charge < -0.3 is 14.5 Å². The zero-order valence-electron chi connectivity index (χ0n) is 15.1. The standard InChI is InChI=1S/C20H22N4O3/c25-18(23-9-11-24(12-10-23)20-21-7-2-8-22-20)14-27-19(26)17-6-5-15-3-1-4-16(15)13-17/h2,5-8,13H,1,3-4,9-12,14H2. The molecule has 2 heterocycles. The molecule has 1 aromatic heterocycles. The molecule has 0 saturated carbocycles. The van der Waals surface area contributed by atoms with Crippen LogP contribution in [0.1, 0.15) is 27.9 Å². The summed E-state index contributed by atoms with van der Waals surface area (Å²) in [6, 6.07) is 7.45. The normalized spacial score (nSPS) is 16.1. The van der Waals surface area contributed by atoms with E-state index in [0.717, 1.165) is 19.3 Å². The molecule has 27 heavy (non-hydrogen) atoms. The van der Waals surface area contributed by atoms with Crippen molar-refractivity contribution in [2.24, 2.45) is 0 Å². The first-order valence-electron chi connectivity index (χ1n) is 9.29. The van der Waals surface area contributed by atoms with Gasteiger partial charge in [-0.3, -0.25) is 4.79 Å². The lowest BCUT2D eigenvalue weighted by molar-refractivity contribution is -0.134. The summed E-state index contributed by atoms with van der Waals surface area (Å²) in [6.07, 6.45) is 6.62. The fourth-order valence-electron chi connectivity index (χ4n) is 3.61. The van der Waals surface area contributed by atoms with Crippen molar-refractivity contribution in [3.63, 3.8) is 0 Å². The number of aromatic nitrogens is 2. The van der Waals surface area contributed by atoms with Crippen LogP contribution in [0.15, 0.2) is 36.7 Å². The van der Waals surface area contributed by atoms with Gasteiger partial charge in [0.05, 0.1) is 5.56 Å². The summed E-state index contributed by atoms with van der Waals surface area (Å²) in [4.78, 5) is 36.8. The maximum atomic E-state index is 12.4. The number of nitrogens with zero attached hydrogens (tertiary/aromatic N) is 4. The van der Waals surface area contributed by atoms with Gasteiger partial charge in [-0.25, -0.2) is 14.8 Å². The van der Waals surface area contributed by atoms with Gasteiger partial charge in [0, 0.05) is 38.6 Å². The Hall–Kier alpha value is -2.96. The van der Waals surface area contributed by atoms with Crippen LogP contribution in [-0.2, 0) is 22.4 Å². The number of anilines is 1. The van der Waals surface area contributed by atoms with Crippen LogP contribution in [0.4, 0.5) is 5.95 Å². The molecule has 2 aromatic rings. The molecule has 7 nitrogen and oxygen atoms in total. The first-order valence-corrected chi connectivity index (χ1v) is 9.29. The molecule has 2 aliphatic rings. The molecule has 140 valence electrons. The van der Waals surface area contributed by atoms with Gasteiger partial charge in [-0.1, -0.05) is 6.07 Å². The van der Waals surface area contributed by atoms with E-state index in [1.54, 1.807) is 29.4 Å². The molecule has 0 atom stereocenters. The number of fused-ring (bicyclic) bond motifs is 1. The van der Waals surface area contributed by atoms with Gasteiger partial charge in [-0.05, 0) is 48.6 Å². The van der Waals surface area contributed by atoms with E-state index in [2.05, 4.69) is 9.97 Å². The molecular weight excluding hydrogens is 344 g/mol. The maximum absolute atomic E-state index is 12.4. The summed E-state index contributed by atoms with van der Waals surface area (Å²) in [5.41, 5.74) is 3.05. The van der Waals surface area contributed by atoms with Crippen molar-refractivity contribution in [3.8, 4) is 0 Å². The Morgan fingerprint density at radius 1 is 1.00 bits per heavy atom. The lowest BCUT2D eigenvalue weighted by atomic mass is 10.1. The number of carbonyl (C=O) groups is 2. The van der Waals surface area contributed by atoms with Crippen LogP contribution in [0.3, 0.4) is 0 Å². The first kappa shape index (κ1) is 17.5. The minimum atomic E-state index is -0.436. The zero-order chi connectivity index (χ0) is 18.6. The van der Waals surface area contributed by atoms with Crippen molar-refractivity contribution in [2.75, 3.05) is 37.7 Å². The second-order valence-electron chi connectivity index (χ2n) is 6.83. The monoisotopic (exact) mass is 366 g/mol. The second kappa shape index (κ2) is 7.73. The molecule has 7 heteroatoms. The summed E-state index contributed by atoms with van der Waals surface area (Å²) < 4.78 is 5.25. The lowest BCUT2D eigenvalue weighted by Crippen LogP contribution is -2.50. The molecule has 1 aromatic carbocycles. The highest BCUT2D eigenvalue weighted by atomic mass is 16.5. The van der Waals surface area contributed by atoms with Crippen molar-refractivity contribution in [1.29, 1.82) is 0 Å². The number of hydrogen-bond donors (Lipinski definition) is 0. The van der Waals surface area contributed by atoms with Crippen LogP contribution in [0.2, 0.25) is 0 Å². The highest BCUT2D eigenvalue weighted by Gasteiger charge is 2.23. The molecule has 4 rings (SSSR count). The second-order valence-corrected chi connectivity index (χ2v) is 6.83. The van der Waals surface area contributed by atoms with E-state index in [1.165, 1.54) is 11.1 Å². The third kappa shape index (κ3) is 3.92. The molecular formula is C20H22N4O3. The summed E-state index contributed by atoms with van der Waals surface area (Å²) >= 11 is 0. The van der Waals surface area contributed by atoms with Crippen molar-refractivity contribution in [1.82, 2.24) is 14.9 Å². The average molecular weight is 366 g/mol. The van der Waals surface area contributed by atoms with Crippen LogP contribution in [0.5, 0.6) is 0 Å². The molecule has 1 amide bonds. The molecule has 1 fully saturated rings. The molecule has 0 unspecified atom stereocenters. The van der Waals surface area contributed by atoms with E-state index in [0.29, 0.717) is 37.7 Å². The fraction of sp³-hybridized carbons (Fsp3) is 0.400. The predicted molar refractivity (Wildman–Crippen MR) is 99.6 cm³/mol. The van der Waals surface area contributed by atoms with Crippen molar-refractivity contribution >= 4 is 17.8 Å². The minimum Gasteiger partial charge on any atom is -0.452 e. The Bertz CT molecular complexity index is 832. The number of amides is 1. The summed E-state index contributed by atoms with van der Waals surface area (Å²) in [5, 5.41) is 0. The SMILES string of the molecule is O=C(OCC(=O)N1CCN(c2ncccn2)CC1)c1ccc2c(c1)CCC2. The van der Waals surface area contributed by atoms with Gasteiger partial charge in [0.2, 0.25) is 5.95 Å². The Morgan fingerprint density at radius 2 is 1.74 bits per heavy atom. The average Bonchev–Trinajstić information content (AvgIpc) is 3.20. The van der Waals surface area contributed by atoms with Gasteiger partial charge in [0.1, 0.15) is 0 Å². The highest BCUT2D eigenvalue weighted by Crippen LogP contribution is 2.23. The minimum absolute atomic E-state index is 0.168. The molecule has 0 N–H and O–H groups in total. The Kier molecular flexibility index (Phi) is 5.00. The number of carbonyl (C=O) groups excluding carboxylic acids is 2. The Balaban J connectivity index is 1.27. The van der Waals surface area contributed by atoms with Crippen LogP contribution < -0.4 is 4.90 Å². The summed E-state index contributed by atoms with van der Waals surface area (Å²) in [7, 11) is 0. The number of hydrogen-bond acceptors (Lipinski definition) is 6. The zero-order valence-corrected chi connectivity index (χ0v) is 15.1. The number of ether oxygens (including phenoxy) is 1. The molecule has 1 saturated heterocycles. The van der Waals surface area contributed by atoms with E-state index in [-0.39, 0.29) is 12.5 Å². The van der Waals surface area contributed by atoms with Gasteiger partial charge in [0.15, 0.2) is 6.61 Å². The smallest absolute Gasteiger partial charge is 0.338 e. The predicted octanol–water partition coefficient (Wildman–Crippen LogP) is 1.47. The van der Waals surface area contributed by atoms with Crippen molar-refractivity contribution in [2.45, 2.75) is 19.3 Å². The molecule has 1 aliphatic heterocycles. The van der Waals surface area contributed by atoms with Crippen LogP contribution in [0, 0.1) is 0 Å².